The van der Waals surface area contributed by atoms with Gasteiger partial charge in [-0.15, -0.1) is 0 Å². The predicted octanol–water partition coefficient (Wildman–Crippen LogP) is 1.08. The van der Waals surface area contributed by atoms with E-state index in [0.29, 0.717) is 32.4 Å². The molecule has 1 aliphatic heterocycles. The molecule has 128 valence electrons. The molecule has 3 rings (SSSR count). The summed E-state index contributed by atoms with van der Waals surface area (Å²) in [5, 5.41) is 14.2. The van der Waals surface area contributed by atoms with Gasteiger partial charge in [0.1, 0.15) is 5.76 Å². The van der Waals surface area contributed by atoms with Gasteiger partial charge in [0.05, 0.1) is 17.5 Å². The number of carbonyl (C=O) groups excluding carboxylic acids is 1. The molecule has 0 aromatic carbocycles. The molecule has 2 aromatic rings. The van der Waals surface area contributed by atoms with Crippen molar-refractivity contribution in [3.05, 3.63) is 41.3 Å². The number of aliphatic hydroxyl groups is 1. The number of hydrogen-bond acceptors (Lipinski definition) is 6. The Morgan fingerprint density at radius 3 is 2.88 bits per heavy atom. The predicted molar refractivity (Wildman–Crippen MR) is 86.1 cm³/mol. The Balaban J connectivity index is 1.55. The highest BCUT2D eigenvalue weighted by Crippen LogP contribution is 2.22. The number of likely N-dealkylation sites (tertiary alicyclic amines) is 1. The van der Waals surface area contributed by atoms with Crippen LogP contribution in [0.4, 0.5) is 0 Å². The Morgan fingerprint density at radius 2 is 2.21 bits per heavy atom. The van der Waals surface area contributed by atoms with Crippen LogP contribution in [0.15, 0.2) is 23.1 Å². The number of nitrogens with zero attached hydrogens (tertiary/aromatic N) is 4. The lowest BCUT2D eigenvalue weighted by Gasteiger charge is -2.16. The van der Waals surface area contributed by atoms with Gasteiger partial charge in [-0.1, -0.05) is 5.16 Å². The minimum atomic E-state index is -0.518. The van der Waals surface area contributed by atoms with Crippen LogP contribution in [0, 0.1) is 19.8 Å². The molecule has 7 nitrogen and oxygen atoms in total. The first-order chi connectivity index (χ1) is 11.5. The summed E-state index contributed by atoms with van der Waals surface area (Å²) in [7, 11) is 0. The molecule has 0 aliphatic carbocycles. The van der Waals surface area contributed by atoms with E-state index >= 15 is 0 Å². The highest BCUT2D eigenvalue weighted by molar-refractivity contribution is 5.77. The second-order valence-corrected chi connectivity index (χ2v) is 6.33. The third kappa shape index (κ3) is 3.62. The van der Waals surface area contributed by atoms with Crippen LogP contribution in [-0.4, -0.2) is 50.2 Å². The summed E-state index contributed by atoms with van der Waals surface area (Å²) in [4.78, 5) is 22.5. The summed E-state index contributed by atoms with van der Waals surface area (Å²) in [6.07, 6.45) is 6.09. The molecule has 0 saturated carbocycles. The summed E-state index contributed by atoms with van der Waals surface area (Å²) in [6.45, 7) is 4.67. The van der Waals surface area contributed by atoms with E-state index < -0.39 is 6.10 Å². The largest absolute Gasteiger partial charge is 0.391 e. The maximum Gasteiger partial charge on any atom is 0.223 e. The Kier molecular flexibility index (Phi) is 4.89. The first kappa shape index (κ1) is 16.6. The zero-order valence-corrected chi connectivity index (χ0v) is 14.0. The van der Waals surface area contributed by atoms with E-state index in [0.717, 1.165) is 22.7 Å². The molecule has 1 N–H and O–H groups in total. The van der Waals surface area contributed by atoms with E-state index in [2.05, 4.69) is 15.1 Å². The van der Waals surface area contributed by atoms with Crippen LogP contribution < -0.4 is 0 Å². The minimum absolute atomic E-state index is 0.00436. The first-order valence-electron chi connectivity index (χ1n) is 8.17. The molecule has 0 spiro atoms. The van der Waals surface area contributed by atoms with Gasteiger partial charge >= 0.3 is 0 Å². The molecule has 2 aromatic heterocycles. The second-order valence-electron chi connectivity index (χ2n) is 6.33. The van der Waals surface area contributed by atoms with E-state index in [9.17, 15) is 9.90 Å². The highest BCUT2D eigenvalue weighted by Gasteiger charge is 2.34. The molecule has 7 heteroatoms. The van der Waals surface area contributed by atoms with Crippen molar-refractivity contribution in [2.45, 2.75) is 39.2 Å². The first-order valence-corrected chi connectivity index (χ1v) is 8.17. The van der Waals surface area contributed by atoms with Crippen LogP contribution in [0.1, 0.15) is 29.1 Å². The lowest BCUT2D eigenvalue weighted by molar-refractivity contribution is -0.130. The van der Waals surface area contributed by atoms with Crippen molar-refractivity contribution in [2.24, 2.45) is 5.92 Å². The van der Waals surface area contributed by atoms with E-state index in [1.807, 2.05) is 13.8 Å². The molecule has 1 saturated heterocycles. The molecule has 0 bridgehead atoms. The van der Waals surface area contributed by atoms with Crippen molar-refractivity contribution in [2.75, 3.05) is 13.1 Å². The van der Waals surface area contributed by atoms with Gasteiger partial charge in [0.2, 0.25) is 5.91 Å². The summed E-state index contributed by atoms with van der Waals surface area (Å²) in [5.41, 5.74) is 2.67. The number of hydrogen-bond donors (Lipinski definition) is 1. The van der Waals surface area contributed by atoms with Gasteiger partial charge in [-0.2, -0.15) is 0 Å². The summed E-state index contributed by atoms with van der Waals surface area (Å²) in [6, 6.07) is 0. The van der Waals surface area contributed by atoms with E-state index in [-0.39, 0.29) is 11.8 Å². The zero-order chi connectivity index (χ0) is 17.1. The summed E-state index contributed by atoms with van der Waals surface area (Å²) < 4.78 is 5.13. The molecule has 3 heterocycles. The van der Waals surface area contributed by atoms with Crippen LogP contribution in [0.5, 0.6) is 0 Å². The SMILES string of the molecule is Cc1noc(C)c1CCC(=O)N1CC(O)C(Cc2cnccn2)C1. The summed E-state index contributed by atoms with van der Waals surface area (Å²) in [5.74, 6) is 0.822. The van der Waals surface area contributed by atoms with Gasteiger partial charge in [0.15, 0.2) is 0 Å². The second kappa shape index (κ2) is 7.09. The number of rotatable bonds is 5. The Hall–Kier alpha value is -2.28. The molecule has 2 unspecified atom stereocenters. The van der Waals surface area contributed by atoms with E-state index in [4.69, 9.17) is 4.52 Å². The van der Waals surface area contributed by atoms with Crippen molar-refractivity contribution in [1.82, 2.24) is 20.0 Å². The van der Waals surface area contributed by atoms with Crippen LogP contribution in [0.2, 0.25) is 0 Å². The van der Waals surface area contributed by atoms with Crippen LogP contribution >= 0.6 is 0 Å². The topological polar surface area (TPSA) is 92.4 Å². The molecule has 0 radical (unpaired) electrons. The number of aryl methyl sites for hydroxylation is 2. The van der Waals surface area contributed by atoms with Gasteiger partial charge in [-0.05, 0) is 26.7 Å². The minimum Gasteiger partial charge on any atom is -0.391 e. The molecule has 2 atom stereocenters. The van der Waals surface area contributed by atoms with Crippen molar-refractivity contribution < 1.29 is 14.4 Å². The molecular weight excluding hydrogens is 308 g/mol. The van der Waals surface area contributed by atoms with Crippen LogP contribution in [0.25, 0.3) is 0 Å². The molecule has 1 amide bonds. The van der Waals surface area contributed by atoms with Gasteiger partial charge in [0.25, 0.3) is 0 Å². The lowest BCUT2D eigenvalue weighted by Crippen LogP contribution is -2.29. The number of aliphatic hydroxyl groups excluding tert-OH is 1. The van der Waals surface area contributed by atoms with Crippen LogP contribution in [-0.2, 0) is 17.6 Å². The Bertz CT molecular complexity index is 682. The normalized spacial score (nSPS) is 20.5. The van der Waals surface area contributed by atoms with Crippen molar-refractivity contribution in [1.29, 1.82) is 0 Å². The molecule has 1 aliphatic rings. The van der Waals surface area contributed by atoms with Gasteiger partial charge in [-0.3, -0.25) is 14.8 Å². The molecule has 24 heavy (non-hydrogen) atoms. The van der Waals surface area contributed by atoms with Crippen molar-refractivity contribution in [3.63, 3.8) is 0 Å². The fourth-order valence-electron chi connectivity index (χ4n) is 3.21. The monoisotopic (exact) mass is 330 g/mol. The maximum absolute atomic E-state index is 12.4. The molecular formula is C17H22N4O3. The van der Waals surface area contributed by atoms with E-state index in [1.165, 1.54) is 0 Å². The summed E-state index contributed by atoms with van der Waals surface area (Å²) >= 11 is 0. The molecule has 1 fully saturated rings. The number of aromatic nitrogens is 3. The number of carbonyl (C=O) groups is 1. The van der Waals surface area contributed by atoms with Crippen LogP contribution in [0.3, 0.4) is 0 Å². The fraction of sp³-hybridized carbons (Fsp3) is 0.529. The third-order valence-electron chi connectivity index (χ3n) is 4.62. The van der Waals surface area contributed by atoms with Crippen molar-refractivity contribution >= 4 is 5.91 Å². The number of amides is 1. The third-order valence-corrected chi connectivity index (χ3v) is 4.62. The van der Waals surface area contributed by atoms with Gasteiger partial charge < -0.3 is 14.5 Å². The smallest absolute Gasteiger partial charge is 0.223 e. The average Bonchev–Trinajstić information content (AvgIpc) is 3.09. The zero-order valence-electron chi connectivity index (χ0n) is 14.0. The maximum atomic E-state index is 12.4. The highest BCUT2D eigenvalue weighted by atomic mass is 16.5. The quantitative estimate of drug-likeness (QED) is 0.882. The van der Waals surface area contributed by atoms with Gasteiger partial charge in [-0.25, -0.2) is 0 Å². The average molecular weight is 330 g/mol. The van der Waals surface area contributed by atoms with Crippen molar-refractivity contribution in [3.8, 4) is 0 Å². The Morgan fingerprint density at radius 1 is 1.38 bits per heavy atom. The van der Waals surface area contributed by atoms with Gasteiger partial charge in [0, 0.05) is 49.6 Å². The lowest BCUT2D eigenvalue weighted by atomic mass is 10.0. The Labute approximate surface area is 140 Å². The van der Waals surface area contributed by atoms with E-state index in [1.54, 1.807) is 23.5 Å². The fourth-order valence-corrected chi connectivity index (χ4v) is 3.21. The standard InChI is InChI=1S/C17H22N4O3/c1-11-15(12(2)24-20-11)3-4-17(23)21-9-13(16(22)10-21)7-14-8-18-5-6-19-14/h5-6,8,13,16,22H,3-4,7,9-10H2,1-2H3. The number of β-amino-alcohol motifs (C(OH)–C–C–N with tert-alkyl or cyclic N) is 1.